The predicted octanol–water partition coefficient (Wildman–Crippen LogP) is 2.18. The number of aromatic nitrogens is 1. The first-order valence-corrected chi connectivity index (χ1v) is 7.33. The molecular weight excluding hydrogens is 300 g/mol. The van der Waals surface area contributed by atoms with Crippen LogP contribution in [0.1, 0.15) is 15.4 Å². The minimum atomic E-state index is -0.365. The molecule has 0 atom stereocenters. The van der Waals surface area contributed by atoms with Gasteiger partial charge in [0.2, 0.25) is 0 Å². The summed E-state index contributed by atoms with van der Waals surface area (Å²) in [5.41, 5.74) is 0.570. The minimum Gasteiger partial charge on any atom is -0.496 e. The normalized spacial score (nSPS) is 10.1. The molecule has 8 heteroatoms. The summed E-state index contributed by atoms with van der Waals surface area (Å²) in [4.78, 5) is 27.7. The Morgan fingerprint density at radius 3 is 2.75 bits per heavy atom. The van der Waals surface area contributed by atoms with Crippen LogP contribution < -0.4 is 10.1 Å². The highest BCUT2D eigenvalue weighted by atomic mass is 32.1. The van der Waals surface area contributed by atoms with Crippen molar-refractivity contribution in [3.63, 3.8) is 0 Å². The number of esters is 1. The molecule has 2 rings (SSSR count). The van der Waals surface area contributed by atoms with E-state index < -0.39 is 0 Å². The Morgan fingerprint density at radius 2 is 2.10 bits per heavy atom. The molecule has 0 fully saturated rings. The van der Waals surface area contributed by atoms with E-state index in [1.807, 2.05) is 0 Å². The van der Waals surface area contributed by atoms with Crippen LogP contribution in [0, 0.1) is 0 Å². The van der Waals surface area contributed by atoms with E-state index in [0.29, 0.717) is 21.5 Å². The van der Waals surface area contributed by atoms with Gasteiger partial charge in [-0.1, -0.05) is 0 Å². The number of nitrogens with one attached hydrogen (secondary N) is 1. The Balaban J connectivity index is 1.99. The first kappa shape index (κ1) is 14.5. The van der Waals surface area contributed by atoms with Crippen LogP contribution in [-0.4, -0.2) is 31.1 Å². The third kappa shape index (κ3) is 3.55. The van der Waals surface area contributed by atoms with Crippen LogP contribution in [0.5, 0.6) is 5.75 Å². The van der Waals surface area contributed by atoms with Gasteiger partial charge in [-0.3, -0.25) is 14.9 Å². The fourth-order valence-corrected chi connectivity index (χ4v) is 2.82. The SMILES string of the molecule is COC(=O)Cc1csc(NC(=O)c2cc(OC)cs2)n1. The number of ether oxygens (including phenoxy) is 2. The number of methoxy groups -OCH3 is 2. The molecule has 2 aromatic heterocycles. The highest BCUT2D eigenvalue weighted by Gasteiger charge is 2.13. The Hall–Kier alpha value is -1.93. The van der Waals surface area contributed by atoms with Gasteiger partial charge in [0.05, 0.1) is 31.2 Å². The van der Waals surface area contributed by atoms with Crippen molar-refractivity contribution < 1.29 is 19.1 Å². The summed E-state index contributed by atoms with van der Waals surface area (Å²) in [6, 6.07) is 1.66. The maximum atomic E-state index is 11.9. The molecule has 0 unspecified atom stereocenters. The molecule has 0 aromatic carbocycles. The van der Waals surface area contributed by atoms with E-state index in [0.717, 1.165) is 0 Å². The maximum Gasteiger partial charge on any atom is 0.311 e. The van der Waals surface area contributed by atoms with E-state index >= 15 is 0 Å². The lowest BCUT2D eigenvalue weighted by atomic mass is 10.3. The van der Waals surface area contributed by atoms with Gasteiger partial charge >= 0.3 is 5.97 Å². The fourth-order valence-electron chi connectivity index (χ4n) is 1.37. The fraction of sp³-hybridized carbons (Fsp3) is 0.250. The molecule has 0 saturated carbocycles. The van der Waals surface area contributed by atoms with E-state index in [-0.39, 0.29) is 18.3 Å². The highest BCUT2D eigenvalue weighted by Crippen LogP contribution is 2.23. The van der Waals surface area contributed by atoms with Crippen molar-refractivity contribution in [1.82, 2.24) is 4.98 Å². The van der Waals surface area contributed by atoms with Crippen LogP contribution in [0.2, 0.25) is 0 Å². The zero-order valence-corrected chi connectivity index (χ0v) is 12.5. The molecule has 20 heavy (non-hydrogen) atoms. The molecule has 0 aliphatic heterocycles. The molecule has 2 heterocycles. The molecule has 0 aliphatic carbocycles. The lowest BCUT2D eigenvalue weighted by Gasteiger charge is -1.98. The maximum absolute atomic E-state index is 11.9. The highest BCUT2D eigenvalue weighted by molar-refractivity contribution is 7.14. The van der Waals surface area contributed by atoms with Crippen molar-refractivity contribution in [2.45, 2.75) is 6.42 Å². The van der Waals surface area contributed by atoms with Crippen molar-refractivity contribution in [1.29, 1.82) is 0 Å². The van der Waals surface area contributed by atoms with E-state index in [2.05, 4.69) is 15.0 Å². The lowest BCUT2D eigenvalue weighted by molar-refractivity contribution is -0.139. The van der Waals surface area contributed by atoms with Gasteiger partial charge in [0.1, 0.15) is 5.75 Å². The van der Waals surface area contributed by atoms with Crippen molar-refractivity contribution >= 4 is 39.7 Å². The van der Waals surface area contributed by atoms with Crippen LogP contribution in [-0.2, 0) is 16.0 Å². The number of rotatable bonds is 5. The number of amides is 1. The molecule has 1 amide bonds. The summed E-state index contributed by atoms with van der Waals surface area (Å²) in [6.07, 6.45) is 0.0930. The number of hydrogen-bond donors (Lipinski definition) is 1. The summed E-state index contributed by atoms with van der Waals surface area (Å²) in [6.45, 7) is 0. The first-order valence-electron chi connectivity index (χ1n) is 5.57. The van der Waals surface area contributed by atoms with Gasteiger partial charge in [-0.15, -0.1) is 22.7 Å². The van der Waals surface area contributed by atoms with E-state index in [4.69, 9.17) is 4.74 Å². The summed E-state index contributed by atoms with van der Waals surface area (Å²) >= 11 is 2.55. The number of anilines is 1. The Kier molecular flexibility index (Phi) is 4.70. The average molecular weight is 312 g/mol. The van der Waals surface area contributed by atoms with E-state index in [9.17, 15) is 9.59 Å². The molecule has 0 saturated heterocycles. The quantitative estimate of drug-likeness (QED) is 0.856. The van der Waals surface area contributed by atoms with Crippen LogP contribution in [0.4, 0.5) is 5.13 Å². The number of thiazole rings is 1. The van der Waals surface area contributed by atoms with Crippen LogP contribution in [0.15, 0.2) is 16.8 Å². The van der Waals surface area contributed by atoms with Crippen LogP contribution >= 0.6 is 22.7 Å². The van der Waals surface area contributed by atoms with Crippen molar-refractivity contribution in [2.24, 2.45) is 0 Å². The van der Waals surface area contributed by atoms with Crippen molar-refractivity contribution in [3.8, 4) is 5.75 Å². The number of hydrogen-bond acceptors (Lipinski definition) is 7. The number of nitrogens with zero attached hydrogens (tertiary/aromatic N) is 1. The topological polar surface area (TPSA) is 77.5 Å². The molecule has 106 valence electrons. The van der Waals surface area contributed by atoms with Gasteiger partial charge in [0, 0.05) is 16.8 Å². The van der Waals surface area contributed by atoms with Gasteiger partial charge in [-0.05, 0) is 0 Å². The van der Waals surface area contributed by atoms with Crippen LogP contribution in [0.25, 0.3) is 0 Å². The Bertz CT molecular complexity index is 621. The Morgan fingerprint density at radius 1 is 1.30 bits per heavy atom. The molecular formula is C12H12N2O4S2. The molecule has 0 aliphatic rings. The Labute approximate surface area is 123 Å². The predicted molar refractivity (Wildman–Crippen MR) is 76.7 cm³/mol. The minimum absolute atomic E-state index is 0.0930. The number of carbonyl (C=O) groups is 2. The summed E-state index contributed by atoms with van der Waals surface area (Å²) < 4.78 is 9.58. The summed E-state index contributed by atoms with van der Waals surface area (Å²) in [5.74, 6) is 0.0270. The largest absolute Gasteiger partial charge is 0.496 e. The number of thiophene rings is 1. The first-order chi connectivity index (χ1) is 9.62. The van der Waals surface area contributed by atoms with Gasteiger partial charge in [-0.2, -0.15) is 0 Å². The molecule has 6 nitrogen and oxygen atoms in total. The van der Waals surface area contributed by atoms with E-state index in [1.54, 1.807) is 23.9 Å². The number of carbonyl (C=O) groups excluding carboxylic acids is 2. The van der Waals surface area contributed by atoms with Gasteiger partial charge in [-0.25, -0.2) is 4.98 Å². The molecule has 0 bridgehead atoms. The molecule has 0 spiro atoms. The third-order valence-electron chi connectivity index (χ3n) is 2.36. The monoisotopic (exact) mass is 312 g/mol. The van der Waals surface area contributed by atoms with Gasteiger partial charge < -0.3 is 9.47 Å². The average Bonchev–Trinajstić information content (AvgIpc) is 3.07. The van der Waals surface area contributed by atoms with Gasteiger partial charge in [0.25, 0.3) is 5.91 Å². The summed E-state index contributed by atoms with van der Waals surface area (Å²) in [7, 11) is 2.87. The lowest BCUT2D eigenvalue weighted by Crippen LogP contribution is -2.10. The summed E-state index contributed by atoms with van der Waals surface area (Å²) in [5, 5.41) is 6.58. The zero-order valence-electron chi connectivity index (χ0n) is 10.8. The second-order valence-corrected chi connectivity index (χ2v) is 5.47. The second-order valence-electron chi connectivity index (χ2n) is 3.70. The molecule has 1 N–H and O–H groups in total. The van der Waals surface area contributed by atoms with Crippen molar-refractivity contribution in [2.75, 3.05) is 19.5 Å². The zero-order chi connectivity index (χ0) is 14.5. The molecule has 2 aromatic rings. The molecule has 0 radical (unpaired) electrons. The third-order valence-corrected chi connectivity index (χ3v) is 4.07. The smallest absolute Gasteiger partial charge is 0.311 e. The second kappa shape index (κ2) is 6.49. The van der Waals surface area contributed by atoms with Crippen LogP contribution in [0.3, 0.4) is 0 Å². The van der Waals surface area contributed by atoms with Crippen molar-refractivity contribution in [3.05, 3.63) is 27.4 Å². The van der Waals surface area contributed by atoms with Gasteiger partial charge in [0.15, 0.2) is 5.13 Å². The van der Waals surface area contributed by atoms with E-state index in [1.165, 1.54) is 29.8 Å². The standard InChI is InChI=1S/C12H12N2O4S2/c1-17-8-4-9(19-6-8)11(16)14-12-13-7(5-20-12)3-10(15)18-2/h4-6H,3H2,1-2H3,(H,13,14,16).